The molecule has 0 atom stereocenters. The van der Waals surface area contributed by atoms with Crippen LogP contribution >= 0.6 is 12.2 Å². The van der Waals surface area contributed by atoms with Crippen LogP contribution in [0.5, 0.6) is 0 Å². The zero-order valence-electron chi connectivity index (χ0n) is 6.84. The van der Waals surface area contributed by atoms with Crippen LogP contribution in [-0.4, -0.2) is 23.5 Å². The molecule has 0 rings (SSSR count). The Labute approximate surface area is 75.4 Å². The second-order valence-corrected chi connectivity index (χ2v) is 2.58. The molecular formula is C6H10N2O3S. The highest BCUT2D eigenvalue weighted by atomic mass is 32.1. The second kappa shape index (κ2) is 5.48. The molecule has 0 spiro atoms. The number of amides is 2. The summed E-state index contributed by atoms with van der Waals surface area (Å²) in [6.45, 7) is 2.65. The van der Waals surface area contributed by atoms with Crippen LogP contribution in [0.3, 0.4) is 0 Å². The van der Waals surface area contributed by atoms with Gasteiger partial charge < -0.3 is 4.74 Å². The summed E-state index contributed by atoms with van der Waals surface area (Å²) in [6, 6.07) is 0. The van der Waals surface area contributed by atoms with E-state index in [4.69, 9.17) is 4.74 Å². The van der Waals surface area contributed by atoms with Gasteiger partial charge in [-0.15, -0.1) is 0 Å². The topological polar surface area (TPSA) is 67.4 Å². The predicted molar refractivity (Wildman–Crippen MR) is 46.2 cm³/mol. The minimum absolute atomic E-state index is 0.185. The Balaban J connectivity index is 3.47. The number of nitrogens with one attached hydrogen (secondary N) is 2. The van der Waals surface area contributed by atoms with Crippen molar-refractivity contribution >= 4 is 29.1 Å². The Morgan fingerprint density at radius 1 is 1.33 bits per heavy atom. The summed E-state index contributed by atoms with van der Waals surface area (Å²) >= 11 is 4.56. The lowest BCUT2D eigenvalue weighted by atomic mass is 10.6. The van der Waals surface area contributed by atoms with Gasteiger partial charge in [0.15, 0.2) is 11.7 Å². The van der Waals surface area contributed by atoms with E-state index < -0.39 is 5.91 Å². The fourth-order valence-electron chi connectivity index (χ4n) is 0.361. The Bertz CT molecular complexity index is 185. The molecule has 0 aromatic rings. The first-order valence-corrected chi connectivity index (χ1v) is 3.62. The molecule has 2 N–H and O–H groups in total. The predicted octanol–water partition coefficient (Wildman–Crippen LogP) is -0.482. The van der Waals surface area contributed by atoms with E-state index in [0.717, 1.165) is 0 Å². The Morgan fingerprint density at radius 3 is 2.33 bits per heavy atom. The number of ether oxygens (including phenoxy) is 1. The molecule has 12 heavy (non-hydrogen) atoms. The van der Waals surface area contributed by atoms with Crippen LogP contribution in [0.1, 0.15) is 13.8 Å². The molecule has 0 aliphatic heterocycles. The highest BCUT2D eigenvalue weighted by molar-refractivity contribution is 7.80. The van der Waals surface area contributed by atoms with Crippen LogP contribution in [0.4, 0.5) is 0 Å². The van der Waals surface area contributed by atoms with Gasteiger partial charge in [0, 0.05) is 13.8 Å². The summed E-state index contributed by atoms with van der Waals surface area (Å²) in [5.74, 6) is -0.795. The molecule has 0 aliphatic rings. The SMILES string of the molecule is CC(=O)NNC(=O)COC(C)=S. The van der Waals surface area contributed by atoms with Crippen LogP contribution in [0.25, 0.3) is 0 Å². The zero-order valence-corrected chi connectivity index (χ0v) is 7.66. The fraction of sp³-hybridized carbons (Fsp3) is 0.500. The van der Waals surface area contributed by atoms with Gasteiger partial charge in [0.25, 0.3) is 5.91 Å². The van der Waals surface area contributed by atoms with E-state index in [2.05, 4.69) is 23.1 Å². The highest BCUT2D eigenvalue weighted by Crippen LogP contribution is 1.78. The summed E-state index contributed by atoms with van der Waals surface area (Å²) in [7, 11) is 0. The maximum absolute atomic E-state index is 10.7. The van der Waals surface area contributed by atoms with E-state index in [9.17, 15) is 9.59 Å². The van der Waals surface area contributed by atoms with Crippen LogP contribution in [0.15, 0.2) is 0 Å². The van der Waals surface area contributed by atoms with Gasteiger partial charge in [0.05, 0.1) is 0 Å². The van der Waals surface area contributed by atoms with Gasteiger partial charge in [-0.1, -0.05) is 0 Å². The Hall–Kier alpha value is -1.17. The molecule has 0 aromatic heterocycles. The van der Waals surface area contributed by atoms with Gasteiger partial charge >= 0.3 is 0 Å². The Morgan fingerprint density at radius 2 is 1.92 bits per heavy atom. The van der Waals surface area contributed by atoms with E-state index in [1.807, 2.05) is 0 Å². The van der Waals surface area contributed by atoms with E-state index in [-0.39, 0.29) is 17.6 Å². The van der Waals surface area contributed by atoms with E-state index in [1.54, 1.807) is 6.92 Å². The standard InChI is InChI=1S/C6H10N2O3S/c1-4(9)7-8-6(10)3-11-5(2)12/h3H2,1-2H3,(H,7,9)(H,8,10). The fourth-order valence-corrected chi connectivity index (χ4v) is 0.420. The first-order chi connectivity index (χ1) is 5.52. The lowest BCUT2D eigenvalue weighted by Gasteiger charge is -2.05. The molecular weight excluding hydrogens is 180 g/mol. The summed E-state index contributed by atoms with van der Waals surface area (Å²) in [4.78, 5) is 21.0. The van der Waals surface area contributed by atoms with E-state index in [1.165, 1.54) is 6.92 Å². The van der Waals surface area contributed by atoms with Crippen molar-refractivity contribution in [1.82, 2.24) is 10.9 Å². The van der Waals surface area contributed by atoms with Crippen LogP contribution < -0.4 is 10.9 Å². The molecule has 5 nitrogen and oxygen atoms in total. The lowest BCUT2D eigenvalue weighted by Crippen LogP contribution is -2.42. The quantitative estimate of drug-likeness (QED) is 0.456. The highest BCUT2D eigenvalue weighted by Gasteiger charge is 2.01. The van der Waals surface area contributed by atoms with E-state index in [0.29, 0.717) is 0 Å². The first kappa shape index (κ1) is 10.8. The molecule has 0 heterocycles. The number of thiocarbonyl (C=S) groups is 1. The number of carbonyl (C=O) groups excluding carboxylic acids is 2. The molecule has 0 fully saturated rings. The smallest absolute Gasteiger partial charge is 0.276 e. The molecule has 0 radical (unpaired) electrons. The average Bonchev–Trinajstić information content (AvgIpc) is 1.96. The van der Waals surface area contributed by atoms with Crippen LogP contribution in [0.2, 0.25) is 0 Å². The number of rotatable bonds is 2. The molecule has 0 aliphatic carbocycles. The second-order valence-electron chi connectivity index (χ2n) is 2.01. The van der Waals surface area contributed by atoms with Crippen LogP contribution in [0, 0.1) is 0 Å². The van der Waals surface area contributed by atoms with Crippen molar-refractivity contribution in [3.8, 4) is 0 Å². The molecule has 2 amide bonds. The van der Waals surface area contributed by atoms with Gasteiger partial charge in [0.1, 0.15) is 0 Å². The minimum Gasteiger partial charge on any atom is -0.477 e. The molecule has 0 bridgehead atoms. The van der Waals surface area contributed by atoms with Gasteiger partial charge in [-0.25, -0.2) is 0 Å². The van der Waals surface area contributed by atoms with Crippen molar-refractivity contribution in [3.63, 3.8) is 0 Å². The van der Waals surface area contributed by atoms with Crippen molar-refractivity contribution in [2.45, 2.75) is 13.8 Å². The maximum Gasteiger partial charge on any atom is 0.276 e. The first-order valence-electron chi connectivity index (χ1n) is 3.21. The van der Waals surface area contributed by atoms with Crippen molar-refractivity contribution in [3.05, 3.63) is 0 Å². The normalized spacial score (nSPS) is 8.50. The third kappa shape index (κ3) is 6.94. The van der Waals surface area contributed by atoms with E-state index >= 15 is 0 Å². The monoisotopic (exact) mass is 190 g/mol. The molecule has 0 aromatic carbocycles. The third-order valence-corrected chi connectivity index (χ3v) is 0.902. The number of hydrazine groups is 1. The lowest BCUT2D eigenvalue weighted by molar-refractivity contribution is -0.129. The van der Waals surface area contributed by atoms with Crippen molar-refractivity contribution in [2.75, 3.05) is 6.61 Å². The minimum atomic E-state index is -0.450. The zero-order chi connectivity index (χ0) is 9.56. The maximum atomic E-state index is 10.7. The van der Waals surface area contributed by atoms with Crippen LogP contribution in [-0.2, 0) is 14.3 Å². The average molecular weight is 190 g/mol. The van der Waals surface area contributed by atoms with Gasteiger partial charge in [0.2, 0.25) is 5.91 Å². The van der Waals surface area contributed by atoms with Gasteiger partial charge in [-0.2, -0.15) is 0 Å². The van der Waals surface area contributed by atoms with Crippen molar-refractivity contribution in [1.29, 1.82) is 0 Å². The summed E-state index contributed by atoms with van der Waals surface area (Å²) in [5.41, 5.74) is 4.22. The molecule has 0 unspecified atom stereocenters. The Kier molecular flexibility index (Phi) is 4.94. The molecule has 68 valence electrons. The van der Waals surface area contributed by atoms with Crippen molar-refractivity contribution < 1.29 is 14.3 Å². The van der Waals surface area contributed by atoms with Crippen molar-refractivity contribution in [2.24, 2.45) is 0 Å². The molecule has 0 saturated heterocycles. The number of hydrogen-bond acceptors (Lipinski definition) is 4. The molecule has 6 heteroatoms. The number of carbonyl (C=O) groups is 2. The third-order valence-electron chi connectivity index (χ3n) is 0.784. The summed E-state index contributed by atoms with van der Waals surface area (Å²) in [6.07, 6.45) is 0. The van der Waals surface area contributed by atoms with Gasteiger partial charge in [-0.3, -0.25) is 20.4 Å². The summed E-state index contributed by atoms with van der Waals surface area (Å²) in [5, 5.41) is 0.285. The summed E-state index contributed by atoms with van der Waals surface area (Å²) < 4.78 is 4.70. The largest absolute Gasteiger partial charge is 0.477 e. The molecule has 0 saturated carbocycles. The van der Waals surface area contributed by atoms with Gasteiger partial charge in [-0.05, 0) is 12.2 Å². The number of hydrogen-bond donors (Lipinski definition) is 2.